The van der Waals surface area contributed by atoms with E-state index in [1.54, 1.807) is 0 Å². The average molecular weight is 465 g/mol. The van der Waals surface area contributed by atoms with Crippen LogP contribution in [0.2, 0.25) is 0 Å². The van der Waals surface area contributed by atoms with Crippen molar-refractivity contribution in [3.05, 3.63) is 0 Å². The average Bonchev–Trinajstić information content (AvgIpc) is 3.14. The maximum absolute atomic E-state index is 12.1. The van der Waals surface area contributed by atoms with E-state index in [4.69, 9.17) is 4.74 Å². The van der Waals surface area contributed by atoms with Crippen LogP contribution >= 0.6 is 0 Å². The second-order valence-corrected chi connectivity index (χ2v) is 12.2. The largest absolute Gasteiger partial charge is 0.466 e. The van der Waals surface area contributed by atoms with E-state index in [0.717, 1.165) is 38.5 Å². The second-order valence-electron chi connectivity index (χ2n) is 12.2. The lowest BCUT2D eigenvalue weighted by Crippen LogP contribution is -2.58. The third kappa shape index (κ3) is 4.47. The Morgan fingerprint density at radius 2 is 1.67 bits per heavy atom. The highest BCUT2D eigenvalue weighted by atomic mass is 16.6. The van der Waals surface area contributed by atoms with Crippen molar-refractivity contribution in [2.45, 2.75) is 97.2 Å². The number of aliphatic hydroxyl groups excluding tert-OH is 2. The van der Waals surface area contributed by atoms with E-state index in [1.807, 2.05) is 0 Å². The van der Waals surface area contributed by atoms with E-state index in [0.29, 0.717) is 41.9 Å². The molecule has 6 heteroatoms. The van der Waals surface area contributed by atoms with E-state index in [2.05, 4.69) is 25.5 Å². The number of carbonyl (C=O) groups is 2. The Hall–Kier alpha value is -1.14. The Labute approximate surface area is 198 Å². The smallest absolute Gasteiger partial charge is 0.344 e. The van der Waals surface area contributed by atoms with Crippen molar-refractivity contribution in [2.75, 3.05) is 13.7 Å². The third-order valence-electron chi connectivity index (χ3n) is 10.8. The van der Waals surface area contributed by atoms with E-state index >= 15 is 0 Å². The fourth-order valence-electron chi connectivity index (χ4n) is 8.99. The van der Waals surface area contributed by atoms with Gasteiger partial charge < -0.3 is 19.7 Å². The van der Waals surface area contributed by atoms with Gasteiger partial charge in [0.15, 0.2) is 6.61 Å². The van der Waals surface area contributed by atoms with Gasteiger partial charge in [-0.25, -0.2) is 4.79 Å². The highest BCUT2D eigenvalue weighted by molar-refractivity contribution is 5.76. The molecule has 4 aliphatic carbocycles. The van der Waals surface area contributed by atoms with Crippen molar-refractivity contribution in [1.82, 2.24) is 0 Å². The summed E-state index contributed by atoms with van der Waals surface area (Å²) in [6.45, 7) is 6.84. The summed E-state index contributed by atoms with van der Waals surface area (Å²) in [6, 6.07) is 0. The lowest BCUT2D eigenvalue weighted by Gasteiger charge is -2.62. The highest BCUT2D eigenvalue weighted by Gasteiger charge is 2.62. The molecule has 188 valence electrons. The maximum atomic E-state index is 12.1. The van der Waals surface area contributed by atoms with Gasteiger partial charge >= 0.3 is 11.9 Å². The summed E-state index contributed by atoms with van der Waals surface area (Å²) in [7, 11) is 1.28. The van der Waals surface area contributed by atoms with Crippen LogP contribution in [0.1, 0.15) is 85.0 Å². The number of hydrogen-bond acceptors (Lipinski definition) is 6. The zero-order valence-corrected chi connectivity index (χ0v) is 20.9. The standard InChI is InChI=1S/C27H44O6/c1-16(5-8-23(30)33-15-24(31)32-4)19-6-7-20-25-21(10-12-27(19,20)3)26(2)11-9-18(28)13-17(26)14-22(25)29/h16-22,25,28-29H,5-15H2,1-4H3/t16-,17?,18+,19-,20+,21+,22+,25+,26+,27-/m1/s1. The summed E-state index contributed by atoms with van der Waals surface area (Å²) in [5.41, 5.74) is 0.451. The molecule has 10 atom stereocenters. The van der Waals surface area contributed by atoms with Crippen LogP contribution in [0.25, 0.3) is 0 Å². The van der Waals surface area contributed by atoms with Gasteiger partial charge in [-0.15, -0.1) is 0 Å². The zero-order valence-electron chi connectivity index (χ0n) is 20.9. The molecule has 0 saturated heterocycles. The van der Waals surface area contributed by atoms with E-state index in [1.165, 1.54) is 26.4 Å². The molecule has 4 aliphatic rings. The predicted molar refractivity (Wildman–Crippen MR) is 124 cm³/mol. The SMILES string of the molecule is COC(=O)COC(=O)CC[C@@H](C)[C@H]1CC[C@H]2[C@@H]3[C@@H](O)CC4C[C@@H](O)CC[C@]4(C)[C@H]3CC[C@]12C. The molecule has 0 amide bonds. The molecule has 0 bridgehead atoms. The molecule has 0 spiro atoms. The van der Waals surface area contributed by atoms with Gasteiger partial charge in [-0.2, -0.15) is 0 Å². The van der Waals surface area contributed by atoms with Gasteiger partial charge in [0, 0.05) is 6.42 Å². The van der Waals surface area contributed by atoms with Gasteiger partial charge in [-0.1, -0.05) is 20.8 Å². The maximum Gasteiger partial charge on any atom is 0.344 e. The summed E-state index contributed by atoms with van der Waals surface area (Å²) >= 11 is 0. The molecular formula is C27H44O6. The number of methoxy groups -OCH3 is 1. The first-order chi connectivity index (χ1) is 15.6. The molecule has 6 nitrogen and oxygen atoms in total. The van der Waals surface area contributed by atoms with Crippen molar-refractivity contribution in [1.29, 1.82) is 0 Å². The Morgan fingerprint density at radius 1 is 0.970 bits per heavy atom. The monoisotopic (exact) mass is 464 g/mol. The van der Waals surface area contributed by atoms with Gasteiger partial charge in [0.2, 0.25) is 0 Å². The summed E-state index contributed by atoms with van der Waals surface area (Å²) in [5.74, 6) is 1.97. The van der Waals surface area contributed by atoms with Crippen molar-refractivity contribution >= 4 is 11.9 Å². The van der Waals surface area contributed by atoms with E-state index in [9.17, 15) is 19.8 Å². The number of aliphatic hydroxyl groups is 2. The van der Waals surface area contributed by atoms with E-state index in [-0.39, 0.29) is 35.6 Å². The molecule has 1 unspecified atom stereocenters. The fourth-order valence-corrected chi connectivity index (χ4v) is 8.99. The molecule has 4 fully saturated rings. The quantitative estimate of drug-likeness (QED) is 0.575. The van der Waals surface area contributed by atoms with Crippen LogP contribution in [0.15, 0.2) is 0 Å². The van der Waals surface area contributed by atoms with Crippen LogP contribution in [-0.2, 0) is 19.1 Å². The molecule has 0 aromatic heterocycles. The number of carbonyl (C=O) groups excluding carboxylic acids is 2. The number of fused-ring (bicyclic) bond motifs is 5. The van der Waals surface area contributed by atoms with E-state index < -0.39 is 5.97 Å². The van der Waals surface area contributed by atoms with Crippen LogP contribution in [0.4, 0.5) is 0 Å². The number of rotatable bonds is 6. The predicted octanol–water partition coefficient (Wildman–Crippen LogP) is 4.11. The van der Waals surface area contributed by atoms with Gasteiger partial charge in [0.05, 0.1) is 19.3 Å². The van der Waals surface area contributed by atoms with Crippen molar-refractivity contribution in [3.8, 4) is 0 Å². The van der Waals surface area contributed by atoms with Gasteiger partial charge in [0.1, 0.15) is 0 Å². The molecule has 0 aromatic carbocycles. The molecule has 0 aliphatic heterocycles. The second kappa shape index (κ2) is 9.49. The normalized spacial score (nSPS) is 45.3. The lowest BCUT2D eigenvalue weighted by atomic mass is 9.43. The van der Waals surface area contributed by atoms with Crippen LogP contribution in [-0.4, -0.2) is 48.1 Å². The molecule has 4 rings (SSSR count). The zero-order chi connectivity index (χ0) is 24.0. The number of esters is 2. The molecule has 0 heterocycles. The van der Waals surface area contributed by atoms with Crippen LogP contribution in [0.5, 0.6) is 0 Å². The minimum absolute atomic E-state index is 0.197. The van der Waals surface area contributed by atoms with Crippen molar-refractivity contribution < 1.29 is 29.3 Å². The van der Waals surface area contributed by atoms with Crippen LogP contribution < -0.4 is 0 Å². The lowest BCUT2D eigenvalue weighted by molar-refractivity contribution is -0.174. The summed E-state index contributed by atoms with van der Waals surface area (Å²) in [6.07, 6.45) is 9.01. The van der Waals surface area contributed by atoms with Gasteiger partial charge in [0.25, 0.3) is 0 Å². The topological polar surface area (TPSA) is 93.1 Å². The Kier molecular flexibility index (Phi) is 7.18. The first-order valence-electron chi connectivity index (χ1n) is 13.2. The van der Waals surface area contributed by atoms with Gasteiger partial charge in [-0.05, 0) is 104 Å². The molecule has 0 radical (unpaired) electrons. The number of hydrogen-bond donors (Lipinski definition) is 2. The Balaban J connectivity index is 1.41. The molecule has 4 saturated carbocycles. The summed E-state index contributed by atoms with van der Waals surface area (Å²) < 4.78 is 9.56. The summed E-state index contributed by atoms with van der Waals surface area (Å²) in [5, 5.41) is 21.6. The highest BCUT2D eigenvalue weighted by Crippen LogP contribution is 2.68. The third-order valence-corrected chi connectivity index (χ3v) is 10.8. The minimum Gasteiger partial charge on any atom is -0.466 e. The molecule has 2 N–H and O–H groups in total. The van der Waals surface area contributed by atoms with Crippen molar-refractivity contribution in [2.24, 2.45) is 46.3 Å². The Morgan fingerprint density at radius 3 is 2.39 bits per heavy atom. The fraction of sp³-hybridized carbons (Fsp3) is 0.926. The van der Waals surface area contributed by atoms with Crippen LogP contribution in [0.3, 0.4) is 0 Å². The molecule has 33 heavy (non-hydrogen) atoms. The molecule has 0 aromatic rings. The van der Waals surface area contributed by atoms with Crippen molar-refractivity contribution in [3.63, 3.8) is 0 Å². The van der Waals surface area contributed by atoms with Crippen LogP contribution in [0, 0.1) is 46.3 Å². The molecular weight excluding hydrogens is 420 g/mol. The number of ether oxygens (including phenoxy) is 2. The van der Waals surface area contributed by atoms with Gasteiger partial charge in [-0.3, -0.25) is 4.79 Å². The minimum atomic E-state index is -0.534. The Bertz CT molecular complexity index is 738. The summed E-state index contributed by atoms with van der Waals surface area (Å²) in [4.78, 5) is 23.3. The first kappa shape index (κ1) is 25.0. The first-order valence-corrected chi connectivity index (χ1v) is 13.2.